The highest BCUT2D eigenvalue weighted by atomic mass is 32.1. The van der Waals surface area contributed by atoms with Crippen molar-refractivity contribution in [2.24, 2.45) is 5.92 Å². The van der Waals surface area contributed by atoms with Gasteiger partial charge in [-0.1, -0.05) is 23.8 Å². The molecule has 154 valence electrons. The first-order chi connectivity index (χ1) is 13.7. The molecule has 1 fully saturated rings. The monoisotopic (exact) mass is 414 g/mol. The molecular weight excluding hydrogens is 388 g/mol. The molecule has 2 aromatic rings. The third-order valence-corrected chi connectivity index (χ3v) is 5.58. The van der Waals surface area contributed by atoms with Crippen LogP contribution in [0.25, 0.3) is 0 Å². The third kappa shape index (κ3) is 5.03. The average molecular weight is 415 g/mol. The largest absolute Gasteiger partial charge is 0.459 e. The van der Waals surface area contributed by atoms with E-state index < -0.39 is 23.5 Å². The number of ether oxygens (including phenoxy) is 1. The summed E-state index contributed by atoms with van der Waals surface area (Å²) in [5.74, 6) is -1.51. The summed E-state index contributed by atoms with van der Waals surface area (Å²) < 4.78 is 5.24. The van der Waals surface area contributed by atoms with Crippen molar-refractivity contribution < 1.29 is 19.1 Å². The van der Waals surface area contributed by atoms with E-state index >= 15 is 0 Å². The first-order valence-corrected chi connectivity index (χ1v) is 10.5. The Hall–Kier alpha value is -2.67. The van der Waals surface area contributed by atoms with Gasteiger partial charge >= 0.3 is 5.97 Å². The molecule has 2 atom stereocenters. The average Bonchev–Trinajstić information content (AvgIpc) is 3.26. The zero-order valence-corrected chi connectivity index (χ0v) is 17.9. The number of nitrogens with one attached hydrogen (secondary N) is 1. The number of amides is 2. The molecule has 3 rings (SSSR count). The highest BCUT2D eigenvalue weighted by Crippen LogP contribution is 2.43. The van der Waals surface area contributed by atoms with Crippen molar-refractivity contribution >= 4 is 34.8 Å². The van der Waals surface area contributed by atoms with E-state index in [-0.39, 0.29) is 24.8 Å². The second kappa shape index (κ2) is 8.37. The lowest BCUT2D eigenvalue weighted by Gasteiger charge is -2.27. The Bertz CT molecular complexity index is 885. The van der Waals surface area contributed by atoms with E-state index in [9.17, 15) is 14.4 Å². The van der Waals surface area contributed by atoms with Crippen molar-refractivity contribution in [2.75, 3.05) is 11.4 Å². The summed E-state index contributed by atoms with van der Waals surface area (Å²) in [6, 6.07) is 11.1. The van der Waals surface area contributed by atoms with Crippen molar-refractivity contribution in [1.82, 2.24) is 5.32 Å². The van der Waals surface area contributed by atoms with Gasteiger partial charge in [0.2, 0.25) is 11.8 Å². The molecule has 1 aliphatic heterocycles. The topological polar surface area (TPSA) is 75.7 Å². The van der Waals surface area contributed by atoms with Crippen LogP contribution in [0.2, 0.25) is 0 Å². The van der Waals surface area contributed by atoms with Crippen molar-refractivity contribution in [1.29, 1.82) is 0 Å². The number of carbonyl (C=O) groups excluding carboxylic acids is 3. The van der Waals surface area contributed by atoms with Gasteiger partial charge in [-0.3, -0.25) is 14.4 Å². The van der Waals surface area contributed by atoms with E-state index in [2.05, 4.69) is 5.32 Å². The van der Waals surface area contributed by atoms with E-state index in [1.807, 2.05) is 48.7 Å². The third-order valence-electron chi connectivity index (χ3n) is 4.63. The second-order valence-electron chi connectivity index (χ2n) is 8.17. The maximum absolute atomic E-state index is 12.9. The first kappa shape index (κ1) is 21.0. The number of rotatable bonds is 5. The van der Waals surface area contributed by atoms with Gasteiger partial charge in [0.1, 0.15) is 12.1 Å². The number of esters is 1. The minimum absolute atomic E-state index is 0.0938. The van der Waals surface area contributed by atoms with Crippen LogP contribution < -0.4 is 10.2 Å². The SMILES string of the molecule is Cc1ccc(N2C(=O)CC(C(=O)NCC(=O)OC(C)(C)C)C2c2cccs2)cc1. The predicted octanol–water partition coefficient (Wildman–Crippen LogP) is 3.61. The summed E-state index contributed by atoms with van der Waals surface area (Å²) in [5, 5.41) is 4.58. The van der Waals surface area contributed by atoms with Crippen LogP contribution in [0.4, 0.5) is 5.69 Å². The van der Waals surface area contributed by atoms with Crippen molar-refractivity contribution in [3.63, 3.8) is 0 Å². The summed E-state index contributed by atoms with van der Waals surface area (Å²) in [5.41, 5.74) is 1.24. The van der Waals surface area contributed by atoms with Gasteiger partial charge in [0.15, 0.2) is 0 Å². The van der Waals surface area contributed by atoms with Crippen LogP contribution in [-0.4, -0.2) is 29.9 Å². The molecule has 0 saturated carbocycles. The highest BCUT2D eigenvalue weighted by molar-refractivity contribution is 7.10. The second-order valence-corrected chi connectivity index (χ2v) is 9.15. The van der Waals surface area contributed by atoms with Crippen LogP contribution in [0, 0.1) is 12.8 Å². The smallest absolute Gasteiger partial charge is 0.325 e. The van der Waals surface area contributed by atoms with E-state index in [0.717, 1.165) is 16.1 Å². The fourth-order valence-corrected chi connectivity index (χ4v) is 4.31. The van der Waals surface area contributed by atoms with Gasteiger partial charge in [-0.25, -0.2) is 0 Å². The molecule has 1 aromatic carbocycles. The molecule has 2 unspecified atom stereocenters. The Labute approximate surface area is 174 Å². The standard InChI is InChI=1S/C22H26N2O4S/c1-14-7-9-15(10-8-14)24-18(25)12-16(20(24)17-6-5-11-29-17)21(27)23-13-19(26)28-22(2,3)4/h5-11,16,20H,12-13H2,1-4H3,(H,23,27). The minimum Gasteiger partial charge on any atom is -0.459 e. The molecule has 0 bridgehead atoms. The molecule has 1 saturated heterocycles. The van der Waals surface area contributed by atoms with Crippen molar-refractivity contribution in [2.45, 2.75) is 45.8 Å². The Kier molecular flexibility index (Phi) is 6.07. The Morgan fingerprint density at radius 2 is 1.90 bits per heavy atom. The minimum atomic E-state index is -0.618. The number of anilines is 1. The van der Waals surface area contributed by atoms with E-state index in [1.54, 1.807) is 25.7 Å². The van der Waals surface area contributed by atoms with Gasteiger partial charge in [0.25, 0.3) is 0 Å². The molecule has 0 spiro atoms. The van der Waals surface area contributed by atoms with Gasteiger partial charge in [0, 0.05) is 17.0 Å². The summed E-state index contributed by atoms with van der Waals surface area (Å²) in [6.45, 7) is 7.08. The molecule has 2 amide bonds. The maximum atomic E-state index is 12.9. The summed E-state index contributed by atoms with van der Waals surface area (Å²) >= 11 is 1.51. The molecular formula is C22H26N2O4S. The molecule has 1 aliphatic rings. The summed E-state index contributed by atoms with van der Waals surface area (Å²) in [6.07, 6.45) is 0.0938. The van der Waals surface area contributed by atoms with Crippen LogP contribution in [0.15, 0.2) is 41.8 Å². The van der Waals surface area contributed by atoms with Gasteiger partial charge in [-0.15, -0.1) is 11.3 Å². The molecule has 7 heteroatoms. The number of aryl methyl sites for hydroxylation is 1. The fourth-order valence-electron chi connectivity index (χ4n) is 3.43. The Morgan fingerprint density at radius 1 is 1.21 bits per heavy atom. The van der Waals surface area contributed by atoms with Gasteiger partial charge in [-0.2, -0.15) is 0 Å². The Balaban J connectivity index is 1.80. The normalized spacial score (nSPS) is 19.3. The molecule has 6 nitrogen and oxygen atoms in total. The molecule has 29 heavy (non-hydrogen) atoms. The zero-order valence-electron chi connectivity index (χ0n) is 17.1. The van der Waals surface area contributed by atoms with Gasteiger partial charge < -0.3 is 15.0 Å². The molecule has 2 heterocycles. The van der Waals surface area contributed by atoms with Gasteiger partial charge in [0.05, 0.1) is 12.0 Å². The van der Waals surface area contributed by atoms with Gasteiger partial charge in [-0.05, 0) is 51.3 Å². The van der Waals surface area contributed by atoms with E-state index in [0.29, 0.717) is 0 Å². The number of benzene rings is 1. The van der Waals surface area contributed by atoms with Crippen LogP contribution >= 0.6 is 11.3 Å². The summed E-state index contributed by atoms with van der Waals surface area (Å²) in [7, 11) is 0. The van der Waals surface area contributed by atoms with Crippen LogP contribution in [-0.2, 0) is 19.1 Å². The fraction of sp³-hybridized carbons (Fsp3) is 0.409. The number of thiophene rings is 1. The van der Waals surface area contributed by atoms with Crippen LogP contribution in [0.5, 0.6) is 0 Å². The number of hydrogen-bond acceptors (Lipinski definition) is 5. The maximum Gasteiger partial charge on any atom is 0.325 e. The molecule has 1 N–H and O–H groups in total. The lowest BCUT2D eigenvalue weighted by Crippen LogP contribution is -2.39. The number of nitrogens with zero attached hydrogens (tertiary/aromatic N) is 1. The zero-order chi connectivity index (χ0) is 21.2. The summed E-state index contributed by atoms with van der Waals surface area (Å²) in [4.78, 5) is 40.4. The first-order valence-electron chi connectivity index (χ1n) is 9.57. The lowest BCUT2D eigenvalue weighted by molar-refractivity contribution is -0.154. The lowest BCUT2D eigenvalue weighted by atomic mass is 9.97. The van der Waals surface area contributed by atoms with Crippen LogP contribution in [0.1, 0.15) is 43.7 Å². The predicted molar refractivity (Wildman–Crippen MR) is 113 cm³/mol. The van der Waals surface area contributed by atoms with E-state index in [4.69, 9.17) is 4.74 Å². The number of carbonyl (C=O) groups is 3. The van der Waals surface area contributed by atoms with Crippen molar-refractivity contribution in [3.05, 3.63) is 52.2 Å². The van der Waals surface area contributed by atoms with Crippen molar-refractivity contribution in [3.8, 4) is 0 Å². The molecule has 1 aromatic heterocycles. The molecule has 0 aliphatic carbocycles. The quantitative estimate of drug-likeness (QED) is 0.759. The Morgan fingerprint density at radius 3 is 2.48 bits per heavy atom. The van der Waals surface area contributed by atoms with E-state index in [1.165, 1.54) is 11.3 Å². The number of hydrogen-bond donors (Lipinski definition) is 1. The van der Waals surface area contributed by atoms with Crippen LogP contribution in [0.3, 0.4) is 0 Å². The molecule has 0 radical (unpaired) electrons. The highest BCUT2D eigenvalue weighted by Gasteiger charge is 2.45.